The summed E-state index contributed by atoms with van der Waals surface area (Å²) in [5.74, 6) is -1.92. The van der Waals surface area contributed by atoms with E-state index in [4.69, 9.17) is 16.7 Å². The Morgan fingerprint density at radius 2 is 1.60 bits per heavy atom. The van der Waals surface area contributed by atoms with Gasteiger partial charge in [-0.3, -0.25) is 9.59 Å². The number of carboxylic acid groups (broad SMARTS) is 1. The highest BCUT2D eigenvalue weighted by molar-refractivity contribution is 6.30. The average molecular weight is 360 g/mol. The number of amides is 2. The molecule has 0 radical (unpaired) electrons. The standard InChI is InChI=1S/C17H14ClN3O4/c18-14-7-5-12(6-8-14)16(23)19-10-15(22)21-20-9-11-1-3-13(4-2-11)17(24)25/h1-9H,10H2,(H,19,23)(H,21,22)(H,24,25)/b20-9+. The molecule has 0 heterocycles. The van der Waals surface area contributed by atoms with Crippen molar-refractivity contribution in [3.63, 3.8) is 0 Å². The molecule has 2 aromatic carbocycles. The maximum absolute atomic E-state index is 11.8. The molecule has 0 aromatic heterocycles. The van der Waals surface area contributed by atoms with E-state index in [1.54, 1.807) is 36.4 Å². The first kappa shape index (κ1) is 18.2. The van der Waals surface area contributed by atoms with E-state index in [0.717, 1.165) is 0 Å². The number of hydrogen-bond donors (Lipinski definition) is 3. The van der Waals surface area contributed by atoms with Gasteiger partial charge in [-0.05, 0) is 42.0 Å². The maximum atomic E-state index is 11.8. The molecule has 0 spiro atoms. The monoisotopic (exact) mass is 359 g/mol. The van der Waals surface area contributed by atoms with Crippen molar-refractivity contribution in [3.8, 4) is 0 Å². The van der Waals surface area contributed by atoms with Crippen LogP contribution < -0.4 is 10.7 Å². The van der Waals surface area contributed by atoms with Crippen LogP contribution >= 0.6 is 11.6 Å². The fourth-order valence-corrected chi connectivity index (χ4v) is 1.92. The number of carbonyl (C=O) groups excluding carboxylic acids is 2. The first-order valence-electron chi connectivity index (χ1n) is 7.15. The van der Waals surface area contributed by atoms with Crippen LogP contribution in [0.4, 0.5) is 0 Å². The van der Waals surface area contributed by atoms with E-state index in [2.05, 4.69) is 15.8 Å². The number of nitrogens with one attached hydrogen (secondary N) is 2. The van der Waals surface area contributed by atoms with Crippen LogP contribution in [0.1, 0.15) is 26.3 Å². The molecule has 3 N–H and O–H groups in total. The minimum atomic E-state index is -1.02. The van der Waals surface area contributed by atoms with Gasteiger partial charge < -0.3 is 10.4 Å². The zero-order chi connectivity index (χ0) is 18.2. The molecule has 2 amide bonds. The minimum absolute atomic E-state index is 0.158. The fourth-order valence-electron chi connectivity index (χ4n) is 1.79. The first-order chi connectivity index (χ1) is 12.0. The second-order valence-electron chi connectivity index (χ2n) is 4.91. The zero-order valence-electron chi connectivity index (χ0n) is 12.9. The van der Waals surface area contributed by atoms with E-state index in [1.165, 1.54) is 18.3 Å². The Bertz CT molecular complexity index is 802. The Morgan fingerprint density at radius 1 is 1.00 bits per heavy atom. The van der Waals surface area contributed by atoms with Crippen LogP contribution in [0, 0.1) is 0 Å². The van der Waals surface area contributed by atoms with Crippen molar-refractivity contribution in [2.24, 2.45) is 5.10 Å². The molecule has 0 saturated heterocycles. The number of aromatic carboxylic acids is 1. The van der Waals surface area contributed by atoms with Gasteiger partial charge in [0, 0.05) is 10.6 Å². The van der Waals surface area contributed by atoms with Crippen molar-refractivity contribution in [1.82, 2.24) is 10.7 Å². The number of benzene rings is 2. The third-order valence-electron chi connectivity index (χ3n) is 3.08. The van der Waals surface area contributed by atoms with Gasteiger partial charge in [0.25, 0.3) is 11.8 Å². The summed E-state index contributed by atoms with van der Waals surface area (Å²) in [6.45, 7) is -0.239. The lowest BCUT2D eigenvalue weighted by Crippen LogP contribution is -2.34. The number of halogens is 1. The van der Waals surface area contributed by atoms with Gasteiger partial charge in [-0.1, -0.05) is 23.7 Å². The quantitative estimate of drug-likeness (QED) is 0.541. The Morgan fingerprint density at radius 3 is 2.20 bits per heavy atom. The number of hydrogen-bond acceptors (Lipinski definition) is 4. The lowest BCUT2D eigenvalue weighted by Gasteiger charge is -2.04. The Balaban J connectivity index is 1.79. The van der Waals surface area contributed by atoms with Crippen LogP contribution in [0.3, 0.4) is 0 Å². The summed E-state index contributed by atoms with van der Waals surface area (Å²) in [4.78, 5) is 34.2. The summed E-state index contributed by atoms with van der Waals surface area (Å²) in [7, 11) is 0. The van der Waals surface area contributed by atoms with E-state index in [0.29, 0.717) is 16.1 Å². The second-order valence-corrected chi connectivity index (χ2v) is 5.35. The largest absolute Gasteiger partial charge is 0.478 e. The summed E-state index contributed by atoms with van der Waals surface area (Å²) in [6, 6.07) is 12.2. The fraction of sp³-hybridized carbons (Fsp3) is 0.0588. The smallest absolute Gasteiger partial charge is 0.335 e. The highest BCUT2D eigenvalue weighted by atomic mass is 35.5. The van der Waals surface area contributed by atoms with E-state index in [1.807, 2.05) is 0 Å². The van der Waals surface area contributed by atoms with Crippen LogP contribution in [0.2, 0.25) is 5.02 Å². The average Bonchev–Trinajstić information content (AvgIpc) is 2.60. The normalized spacial score (nSPS) is 10.4. The van der Waals surface area contributed by atoms with Crippen molar-refractivity contribution in [2.45, 2.75) is 0 Å². The summed E-state index contributed by atoms with van der Waals surface area (Å²) in [5.41, 5.74) is 3.43. The highest BCUT2D eigenvalue weighted by Gasteiger charge is 2.07. The van der Waals surface area contributed by atoms with Gasteiger partial charge in [0.2, 0.25) is 0 Å². The molecule has 0 unspecified atom stereocenters. The van der Waals surface area contributed by atoms with Gasteiger partial charge in [-0.2, -0.15) is 5.10 Å². The minimum Gasteiger partial charge on any atom is -0.478 e. The third kappa shape index (κ3) is 5.74. The molecule has 0 saturated carbocycles. The van der Waals surface area contributed by atoms with Gasteiger partial charge in [-0.25, -0.2) is 10.2 Å². The molecule has 0 aliphatic rings. The third-order valence-corrected chi connectivity index (χ3v) is 3.33. The van der Waals surface area contributed by atoms with Crippen molar-refractivity contribution in [2.75, 3.05) is 6.54 Å². The molecule has 8 heteroatoms. The number of hydrazone groups is 1. The molecule has 2 aromatic rings. The molecule has 0 aliphatic heterocycles. The number of nitrogens with zero attached hydrogens (tertiary/aromatic N) is 1. The SMILES string of the molecule is O=C(CNC(=O)c1ccc(Cl)cc1)N/N=C/c1ccc(C(=O)O)cc1. The van der Waals surface area contributed by atoms with Crippen molar-refractivity contribution < 1.29 is 19.5 Å². The van der Waals surface area contributed by atoms with Crippen LogP contribution in [0.5, 0.6) is 0 Å². The summed E-state index contributed by atoms with van der Waals surface area (Å²) < 4.78 is 0. The predicted octanol–water partition coefficient (Wildman–Crippen LogP) is 1.92. The number of rotatable bonds is 6. The lowest BCUT2D eigenvalue weighted by atomic mass is 10.1. The number of carbonyl (C=O) groups is 3. The van der Waals surface area contributed by atoms with Crippen LogP contribution in [0.15, 0.2) is 53.6 Å². The molecule has 0 fully saturated rings. The Hall–Kier alpha value is -3.19. The summed E-state index contributed by atoms with van der Waals surface area (Å²) >= 11 is 5.73. The molecule has 128 valence electrons. The van der Waals surface area contributed by atoms with Gasteiger partial charge in [0.15, 0.2) is 0 Å². The lowest BCUT2D eigenvalue weighted by molar-refractivity contribution is -0.120. The van der Waals surface area contributed by atoms with Crippen LogP contribution in [0.25, 0.3) is 0 Å². The highest BCUT2D eigenvalue weighted by Crippen LogP contribution is 2.09. The molecular formula is C17H14ClN3O4. The molecule has 0 bridgehead atoms. The molecular weight excluding hydrogens is 346 g/mol. The Labute approximate surface area is 148 Å². The molecule has 0 aliphatic carbocycles. The van der Waals surface area contributed by atoms with Gasteiger partial charge in [0.1, 0.15) is 0 Å². The molecule has 7 nitrogen and oxygen atoms in total. The van der Waals surface area contributed by atoms with E-state index in [9.17, 15) is 14.4 Å². The summed E-state index contributed by atoms with van der Waals surface area (Å²) in [6.07, 6.45) is 1.37. The van der Waals surface area contributed by atoms with Crippen molar-refractivity contribution in [3.05, 3.63) is 70.2 Å². The first-order valence-corrected chi connectivity index (χ1v) is 7.52. The van der Waals surface area contributed by atoms with Gasteiger partial charge >= 0.3 is 5.97 Å². The van der Waals surface area contributed by atoms with Crippen molar-refractivity contribution >= 4 is 35.6 Å². The van der Waals surface area contributed by atoms with Crippen molar-refractivity contribution in [1.29, 1.82) is 0 Å². The molecule has 25 heavy (non-hydrogen) atoms. The molecule has 2 rings (SSSR count). The number of carboxylic acids is 1. The summed E-state index contributed by atoms with van der Waals surface area (Å²) in [5, 5.41) is 15.5. The topological polar surface area (TPSA) is 108 Å². The molecule has 0 atom stereocenters. The van der Waals surface area contributed by atoms with E-state index < -0.39 is 17.8 Å². The van der Waals surface area contributed by atoms with Gasteiger partial charge in [-0.15, -0.1) is 0 Å². The van der Waals surface area contributed by atoms with Crippen LogP contribution in [-0.4, -0.2) is 35.6 Å². The zero-order valence-corrected chi connectivity index (χ0v) is 13.7. The van der Waals surface area contributed by atoms with E-state index in [-0.39, 0.29) is 12.1 Å². The van der Waals surface area contributed by atoms with Gasteiger partial charge in [0.05, 0.1) is 18.3 Å². The van der Waals surface area contributed by atoms with E-state index >= 15 is 0 Å². The van der Waals surface area contributed by atoms with Crippen LogP contribution in [-0.2, 0) is 4.79 Å². The predicted molar refractivity (Wildman–Crippen MR) is 92.9 cm³/mol. The maximum Gasteiger partial charge on any atom is 0.335 e. The Kier molecular flexibility index (Phi) is 6.25. The second kappa shape index (κ2) is 8.60.